The van der Waals surface area contributed by atoms with Crippen molar-refractivity contribution in [3.05, 3.63) is 0 Å². The Labute approximate surface area is 91.0 Å². The minimum Gasteiger partial charge on any atom is -0.355 e. The van der Waals surface area contributed by atoms with E-state index < -0.39 is 0 Å². The molecule has 15 heavy (non-hydrogen) atoms. The molecule has 1 saturated heterocycles. The normalized spacial score (nSPS) is 20.4. The molecule has 5 heteroatoms. The van der Waals surface area contributed by atoms with Crippen molar-refractivity contribution in [2.45, 2.75) is 25.9 Å². The average molecular weight is 219 g/mol. The fourth-order valence-corrected chi connectivity index (χ4v) is 1.37. The highest BCUT2D eigenvalue weighted by molar-refractivity contribution is 4.57. The monoisotopic (exact) mass is 219 g/mol. The maximum atomic E-state index is 5.39. The van der Waals surface area contributed by atoms with E-state index in [4.69, 9.17) is 18.9 Å². The first kappa shape index (κ1) is 12.9. The molecule has 1 rings (SSSR count). The second-order valence-electron chi connectivity index (χ2n) is 3.30. The van der Waals surface area contributed by atoms with Crippen LogP contribution in [-0.4, -0.2) is 52.6 Å². The van der Waals surface area contributed by atoms with E-state index in [1.54, 1.807) is 7.11 Å². The predicted octanol–water partition coefficient (Wildman–Crippen LogP) is 0.348. The predicted molar refractivity (Wildman–Crippen MR) is 55.6 cm³/mol. The van der Waals surface area contributed by atoms with Crippen LogP contribution < -0.4 is 5.32 Å². The summed E-state index contributed by atoms with van der Waals surface area (Å²) >= 11 is 0. The third-order valence-corrected chi connectivity index (χ3v) is 2.13. The molecule has 0 aromatic rings. The molecule has 1 unspecified atom stereocenters. The van der Waals surface area contributed by atoms with Crippen molar-refractivity contribution in [1.82, 2.24) is 5.32 Å². The standard InChI is InChI=1S/C10H21NO4/c1-3-13-9(12-2)7-11-8-10-14-5-4-6-15-10/h9-11H,3-8H2,1-2H3. The molecule has 0 bridgehead atoms. The zero-order valence-corrected chi connectivity index (χ0v) is 9.53. The SMILES string of the molecule is CCOC(CNCC1OCCCO1)OC. The van der Waals surface area contributed by atoms with Gasteiger partial charge in [-0.2, -0.15) is 0 Å². The van der Waals surface area contributed by atoms with Crippen LogP contribution in [0.15, 0.2) is 0 Å². The lowest BCUT2D eigenvalue weighted by atomic mass is 10.4. The maximum Gasteiger partial charge on any atom is 0.169 e. The number of hydrogen-bond donors (Lipinski definition) is 1. The third kappa shape index (κ3) is 5.44. The fourth-order valence-electron chi connectivity index (χ4n) is 1.37. The summed E-state index contributed by atoms with van der Waals surface area (Å²) in [5.41, 5.74) is 0. The molecule has 0 radical (unpaired) electrons. The van der Waals surface area contributed by atoms with Crippen LogP contribution in [0.5, 0.6) is 0 Å². The largest absolute Gasteiger partial charge is 0.355 e. The summed E-state index contributed by atoms with van der Waals surface area (Å²) < 4.78 is 21.2. The number of methoxy groups -OCH3 is 1. The van der Waals surface area contributed by atoms with E-state index in [1.807, 2.05) is 6.92 Å². The molecule has 0 amide bonds. The Morgan fingerprint density at radius 2 is 2.13 bits per heavy atom. The molecule has 0 aromatic carbocycles. The lowest BCUT2D eigenvalue weighted by Crippen LogP contribution is -2.39. The number of nitrogens with one attached hydrogen (secondary N) is 1. The van der Waals surface area contributed by atoms with Crippen molar-refractivity contribution in [3.63, 3.8) is 0 Å². The van der Waals surface area contributed by atoms with Crippen molar-refractivity contribution >= 4 is 0 Å². The number of ether oxygens (including phenoxy) is 4. The van der Waals surface area contributed by atoms with Crippen molar-refractivity contribution < 1.29 is 18.9 Å². The molecule has 0 saturated carbocycles. The van der Waals surface area contributed by atoms with Gasteiger partial charge in [0.1, 0.15) is 0 Å². The van der Waals surface area contributed by atoms with Gasteiger partial charge in [0.15, 0.2) is 12.6 Å². The Morgan fingerprint density at radius 1 is 1.40 bits per heavy atom. The molecule has 1 heterocycles. The van der Waals surface area contributed by atoms with E-state index in [0.29, 0.717) is 19.7 Å². The summed E-state index contributed by atoms with van der Waals surface area (Å²) in [4.78, 5) is 0. The molecular formula is C10H21NO4. The lowest BCUT2D eigenvalue weighted by molar-refractivity contribution is -0.177. The van der Waals surface area contributed by atoms with Gasteiger partial charge in [0.05, 0.1) is 13.2 Å². The Kier molecular flexibility index (Phi) is 6.87. The molecule has 0 spiro atoms. The van der Waals surface area contributed by atoms with Gasteiger partial charge in [0, 0.05) is 26.8 Å². The van der Waals surface area contributed by atoms with Gasteiger partial charge >= 0.3 is 0 Å². The van der Waals surface area contributed by atoms with Crippen LogP contribution >= 0.6 is 0 Å². The quantitative estimate of drug-likeness (QED) is 0.626. The maximum absolute atomic E-state index is 5.39. The molecule has 1 aliphatic rings. The van der Waals surface area contributed by atoms with Crippen LogP contribution in [0.4, 0.5) is 0 Å². The molecule has 5 nitrogen and oxygen atoms in total. The van der Waals surface area contributed by atoms with E-state index >= 15 is 0 Å². The van der Waals surface area contributed by atoms with Crippen LogP contribution in [0, 0.1) is 0 Å². The van der Waals surface area contributed by atoms with Crippen LogP contribution in [-0.2, 0) is 18.9 Å². The Morgan fingerprint density at radius 3 is 2.73 bits per heavy atom. The first-order valence-electron chi connectivity index (χ1n) is 5.45. The van der Waals surface area contributed by atoms with Gasteiger partial charge in [-0.05, 0) is 13.3 Å². The van der Waals surface area contributed by atoms with Crippen LogP contribution in [0.3, 0.4) is 0 Å². The highest BCUT2D eigenvalue weighted by Crippen LogP contribution is 2.03. The second-order valence-corrected chi connectivity index (χ2v) is 3.30. The smallest absolute Gasteiger partial charge is 0.169 e. The van der Waals surface area contributed by atoms with Gasteiger partial charge in [-0.25, -0.2) is 0 Å². The first-order valence-corrected chi connectivity index (χ1v) is 5.45. The van der Waals surface area contributed by atoms with Crippen LogP contribution in [0.25, 0.3) is 0 Å². The summed E-state index contributed by atoms with van der Waals surface area (Å²) in [6.07, 6.45) is 0.660. The van der Waals surface area contributed by atoms with Crippen molar-refractivity contribution in [1.29, 1.82) is 0 Å². The fraction of sp³-hybridized carbons (Fsp3) is 1.00. The van der Waals surface area contributed by atoms with E-state index in [1.165, 1.54) is 0 Å². The van der Waals surface area contributed by atoms with Gasteiger partial charge in [0.25, 0.3) is 0 Å². The first-order chi connectivity index (χ1) is 7.36. The van der Waals surface area contributed by atoms with Gasteiger partial charge in [0.2, 0.25) is 0 Å². The molecule has 1 atom stereocenters. The number of hydrogen-bond acceptors (Lipinski definition) is 5. The summed E-state index contributed by atoms with van der Waals surface area (Å²) in [5.74, 6) is 0. The van der Waals surface area contributed by atoms with E-state index in [2.05, 4.69) is 5.32 Å². The van der Waals surface area contributed by atoms with Gasteiger partial charge in [-0.1, -0.05) is 0 Å². The zero-order valence-electron chi connectivity index (χ0n) is 9.53. The van der Waals surface area contributed by atoms with Gasteiger partial charge in [-0.15, -0.1) is 0 Å². The Balaban J connectivity index is 2.03. The van der Waals surface area contributed by atoms with Gasteiger partial charge in [-0.3, -0.25) is 0 Å². The Hall–Kier alpha value is -0.200. The van der Waals surface area contributed by atoms with E-state index in [9.17, 15) is 0 Å². The lowest BCUT2D eigenvalue weighted by Gasteiger charge is -2.24. The minimum atomic E-state index is -0.196. The second kappa shape index (κ2) is 8.01. The highest BCUT2D eigenvalue weighted by atomic mass is 16.7. The number of rotatable bonds is 7. The molecule has 1 fully saturated rings. The van der Waals surface area contributed by atoms with E-state index in [-0.39, 0.29) is 12.6 Å². The molecule has 0 aromatic heterocycles. The minimum absolute atomic E-state index is 0.127. The highest BCUT2D eigenvalue weighted by Gasteiger charge is 2.14. The molecule has 1 N–H and O–H groups in total. The topological polar surface area (TPSA) is 49.0 Å². The summed E-state index contributed by atoms with van der Waals surface area (Å²) in [7, 11) is 1.63. The van der Waals surface area contributed by atoms with Crippen LogP contribution in [0.2, 0.25) is 0 Å². The van der Waals surface area contributed by atoms with Crippen molar-refractivity contribution in [3.8, 4) is 0 Å². The summed E-state index contributed by atoms with van der Waals surface area (Å²) in [5, 5.41) is 3.19. The third-order valence-electron chi connectivity index (χ3n) is 2.13. The van der Waals surface area contributed by atoms with E-state index in [0.717, 1.165) is 19.6 Å². The van der Waals surface area contributed by atoms with Crippen molar-refractivity contribution in [2.75, 3.05) is 40.0 Å². The molecule has 1 aliphatic heterocycles. The molecule has 90 valence electrons. The zero-order chi connectivity index (χ0) is 10.9. The molecular weight excluding hydrogens is 198 g/mol. The molecule has 0 aliphatic carbocycles. The Bertz CT molecular complexity index is 146. The summed E-state index contributed by atoms with van der Waals surface area (Å²) in [6.45, 7) is 5.48. The summed E-state index contributed by atoms with van der Waals surface area (Å²) in [6, 6.07) is 0. The van der Waals surface area contributed by atoms with Crippen LogP contribution in [0.1, 0.15) is 13.3 Å². The average Bonchev–Trinajstić information content (AvgIpc) is 2.29. The van der Waals surface area contributed by atoms with Crippen molar-refractivity contribution in [2.24, 2.45) is 0 Å². The van der Waals surface area contributed by atoms with Gasteiger partial charge < -0.3 is 24.3 Å².